The van der Waals surface area contributed by atoms with Crippen molar-refractivity contribution in [3.05, 3.63) is 326 Å². The predicted octanol–water partition coefficient (Wildman–Crippen LogP) is 19.3. The minimum Gasteiger partial charge on any atom is -0.310 e. The third-order valence-electron chi connectivity index (χ3n) is 15.4. The van der Waals surface area contributed by atoms with E-state index in [1.54, 1.807) is 0 Å². The maximum atomic E-state index is 2.47. The van der Waals surface area contributed by atoms with Crippen LogP contribution in [0.25, 0.3) is 83.1 Å². The molecule has 2 nitrogen and oxygen atoms in total. The van der Waals surface area contributed by atoms with Crippen molar-refractivity contribution in [2.75, 3.05) is 4.90 Å². The van der Waals surface area contributed by atoms with E-state index in [0.29, 0.717) is 0 Å². The summed E-state index contributed by atoms with van der Waals surface area (Å²) < 4.78 is 2.47. The third kappa shape index (κ3) is 7.49. The lowest BCUT2D eigenvalue weighted by molar-refractivity contribution is 0.768. The molecule has 0 amide bonds. The first-order valence-electron chi connectivity index (χ1n) is 25.9. The fourth-order valence-electron chi connectivity index (χ4n) is 12.0. The van der Waals surface area contributed by atoms with E-state index in [1.807, 2.05) is 0 Å². The van der Waals surface area contributed by atoms with Crippen molar-refractivity contribution in [3.63, 3.8) is 0 Å². The van der Waals surface area contributed by atoms with Crippen molar-refractivity contribution in [2.24, 2.45) is 0 Å². The zero-order chi connectivity index (χ0) is 49.7. The number of para-hydroxylation sites is 2. The molecular formula is C73H50N2. The minimum atomic E-state index is -0.448. The molecule has 0 atom stereocenters. The van der Waals surface area contributed by atoms with E-state index in [2.05, 4.69) is 313 Å². The van der Waals surface area contributed by atoms with E-state index >= 15 is 0 Å². The van der Waals surface area contributed by atoms with Gasteiger partial charge in [-0.05, 0) is 145 Å². The molecule has 75 heavy (non-hydrogen) atoms. The Morgan fingerprint density at radius 2 is 0.720 bits per heavy atom. The van der Waals surface area contributed by atoms with Gasteiger partial charge >= 0.3 is 0 Å². The van der Waals surface area contributed by atoms with Gasteiger partial charge < -0.3 is 9.47 Å². The van der Waals surface area contributed by atoms with Crippen LogP contribution in [0, 0.1) is 0 Å². The average molecular weight is 955 g/mol. The minimum absolute atomic E-state index is 0.448. The van der Waals surface area contributed by atoms with Gasteiger partial charge in [0, 0.05) is 33.5 Å². The number of hydrogen-bond acceptors (Lipinski definition) is 1. The molecule has 0 N–H and O–H groups in total. The van der Waals surface area contributed by atoms with Crippen LogP contribution in [-0.4, -0.2) is 4.57 Å². The molecule has 0 saturated carbocycles. The number of fused-ring (bicyclic) bond motifs is 6. The number of anilines is 3. The highest BCUT2D eigenvalue weighted by atomic mass is 15.1. The quantitative estimate of drug-likeness (QED) is 0.133. The molecule has 0 saturated heterocycles. The van der Waals surface area contributed by atoms with Gasteiger partial charge in [0.05, 0.1) is 16.4 Å². The van der Waals surface area contributed by atoms with Crippen molar-refractivity contribution in [3.8, 4) is 61.3 Å². The van der Waals surface area contributed by atoms with E-state index < -0.39 is 5.41 Å². The van der Waals surface area contributed by atoms with Crippen molar-refractivity contribution in [1.82, 2.24) is 4.57 Å². The van der Waals surface area contributed by atoms with Gasteiger partial charge in [0.1, 0.15) is 0 Å². The summed E-state index contributed by atoms with van der Waals surface area (Å²) >= 11 is 0. The molecule has 12 aromatic carbocycles. The molecule has 2 heteroatoms. The van der Waals surface area contributed by atoms with E-state index in [4.69, 9.17) is 0 Å². The van der Waals surface area contributed by atoms with Gasteiger partial charge in [-0.25, -0.2) is 0 Å². The van der Waals surface area contributed by atoms with E-state index in [0.717, 1.165) is 33.9 Å². The second kappa shape index (κ2) is 18.4. The first-order valence-corrected chi connectivity index (χ1v) is 25.9. The van der Waals surface area contributed by atoms with Crippen LogP contribution in [0.2, 0.25) is 0 Å². The highest BCUT2D eigenvalue weighted by molar-refractivity contribution is 6.10. The van der Waals surface area contributed by atoms with Gasteiger partial charge in [-0.2, -0.15) is 0 Å². The van der Waals surface area contributed by atoms with Crippen LogP contribution < -0.4 is 4.90 Å². The summed E-state index contributed by atoms with van der Waals surface area (Å²) in [5, 5.41) is 2.48. The topological polar surface area (TPSA) is 8.17 Å². The SMILES string of the molecule is c1ccc(-c2cc(-c3ccccc3)cc(N(c3ccccc3)c3cccc(-c4ccc(-c5ccc6c7ccccc7n(-c7ccc8c(c7)-c7ccccc7C8(c7ccccc7)c7ccccc7)c6c5)cc4)c3)c2)cc1. The molecule has 1 aliphatic carbocycles. The van der Waals surface area contributed by atoms with Crippen LogP contribution >= 0.6 is 0 Å². The molecule has 13 aromatic rings. The Kier molecular flexibility index (Phi) is 10.8. The third-order valence-corrected chi connectivity index (χ3v) is 15.4. The molecule has 0 spiro atoms. The van der Waals surface area contributed by atoms with Gasteiger partial charge in [0.15, 0.2) is 0 Å². The molecule has 14 rings (SSSR count). The number of rotatable bonds is 10. The molecule has 1 heterocycles. The summed E-state index contributed by atoms with van der Waals surface area (Å²) in [6.45, 7) is 0. The van der Waals surface area contributed by atoms with Gasteiger partial charge in [-0.1, -0.05) is 237 Å². The van der Waals surface area contributed by atoms with Crippen molar-refractivity contribution in [2.45, 2.75) is 5.41 Å². The van der Waals surface area contributed by atoms with Gasteiger partial charge in [0.2, 0.25) is 0 Å². The Hall–Kier alpha value is -9.76. The van der Waals surface area contributed by atoms with Crippen molar-refractivity contribution >= 4 is 38.9 Å². The average Bonchev–Trinajstić information content (AvgIpc) is 4.00. The lowest BCUT2D eigenvalue weighted by Gasteiger charge is -2.33. The van der Waals surface area contributed by atoms with Crippen LogP contribution in [-0.2, 0) is 5.41 Å². The standard InChI is InChI=1S/C73H50N2/c1-6-21-51(22-7-1)57-45-58(52-23-8-2-9-24-52)48-64(47-57)74(61-30-14-5-15-31-61)62-32-20-25-55(46-62)53-37-39-54(40-38-53)56-41-43-67-66-34-17-19-36-71(66)75(72(67)49-56)63-42-44-70-68(50-63)65-33-16-18-35-69(65)73(70,59-26-10-3-11-27-59)60-28-12-4-13-29-60/h1-50H. The summed E-state index contributed by atoms with van der Waals surface area (Å²) in [6, 6.07) is 111. The maximum absolute atomic E-state index is 2.47. The Morgan fingerprint density at radius 3 is 1.37 bits per heavy atom. The molecule has 1 aromatic heterocycles. The van der Waals surface area contributed by atoms with Crippen molar-refractivity contribution < 1.29 is 0 Å². The number of nitrogens with zero attached hydrogens (tertiary/aromatic N) is 2. The zero-order valence-electron chi connectivity index (χ0n) is 41.3. The Labute approximate surface area is 438 Å². The number of aromatic nitrogens is 1. The Balaban J connectivity index is 0.850. The second-order valence-corrected chi connectivity index (χ2v) is 19.6. The van der Waals surface area contributed by atoms with E-state index in [9.17, 15) is 0 Å². The largest absolute Gasteiger partial charge is 0.310 e. The fourth-order valence-corrected chi connectivity index (χ4v) is 12.0. The van der Waals surface area contributed by atoms with E-state index in [1.165, 1.54) is 88.6 Å². The van der Waals surface area contributed by atoms with Crippen LogP contribution in [0.3, 0.4) is 0 Å². The Morgan fingerprint density at radius 1 is 0.253 bits per heavy atom. The molecule has 1 aliphatic rings. The smallest absolute Gasteiger partial charge is 0.0713 e. The highest BCUT2D eigenvalue weighted by Gasteiger charge is 2.46. The lowest BCUT2D eigenvalue weighted by atomic mass is 9.68. The fraction of sp³-hybridized carbons (Fsp3) is 0.0137. The molecule has 352 valence electrons. The zero-order valence-corrected chi connectivity index (χ0v) is 41.3. The molecular weight excluding hydrogens is 905 g/mol. The molecule has 0 radical (unpaired) electrons. The summed E-state index contributed by atoms with van der Waals surface area (Å²) in [5.41, 5.74) is 23.4. The summed E-state index contributed by atoms with van der Waals surface area (Å²) in [6.07, 6.45) is 0. The van der Waals surface area contributed by atoms with E-state index in [-0.39, 0.29) is 0 Å². The normalized spacial score (nSPS) is 12.4. The van der Waals surface area contributed by atoms with Gasteiger partial charge in [0.25, 0.3) is 0 Å². The predicted molar refractivity (Wildman–Crippen MR) is 315 cm³/mol. The second-order valence-electron chi connectivity index (χ2n) is 19.6. The monoisotopic (exact) mass is 954 g/mol. The number of hydrogen-bond donors (Lipinski definition) is 0. The highest BCUT2D eigenvalue weighted by Crippen LogP contribution is 2.56. The van der Waals surface area contributed by atoms with Gasteiger partial charge in [-0.15, -0.1) is 0 Å². The Bertz CT molecular complexity index is 4100. The molecule has 0 aliphatic heterocycles. The van der Waals surface area contributed by atoms with Crippen LogP contribution in [0.5, 0.6) is 0 Å². The van der Waals surface area contributed by atoms with Crippen molar-refractivity contribution in [1.29, 1.82) is 0 Å². The molecule has 0 unspecified atom stereocenters. The lowest BCUT2D eigenvalue weighted by Crippen LogP contribution is -2.28. The summed E-state index contributed by atoms with van der Waals surface area (Å²) in [4.78, 5) is 2.38. The van der Waals surface area contributed by atoms with Crippen LogP contribution in [0.15, 0.2) is 303 Å². The first kappa shape index (κ1) is 44.0. The summed E-state index contributed by atoms with van der Waals surface area (Å²) in [5.74, 6) is 0. The summed E-state index contributed by atoms with van der Waals surface area (Å²) in [7, 11) is 0. The number of benzene rings is 12. The van der Waals surface area contributed by atoms with Crippen LogP contribution in [0.4, 0.5) is 17.1 Å². The van der Waals surface area contributed by atoms with Crippen LogP contribution in [0.1, 0.15) is 22.3 Å². The maximum Gasteiger partial charge on any atom is 0.0713 e. The first-order chi connectivity index (χ1) is 37.2. The molecule has 0 bridgehead atoms. The van der Waals surface area contributed by atoms with Gasteiger partial charge in [-0.3, -0.25) is 0 Å². The molecule has 0 fully saturated rings.